The smallest absolute Gasteiger partial charge is 0.389 e. The van der Waals surface area contributed by atoms with Crippen molar-refractivity contribution in [2.24, 2.45) is 0 Å². The number of hydrogen-bond donors (Lipinski definition) is 2. The van der Waals surface area contributed by atoms with Crippen molar-refractivity contribution in [1.82, 2.24) is 5.32 Å². The van der Waals surface area contributed by atoms with Crippen molar-refractivity contribution in [1.29, 1.82) is 0 Å². The van der Waals surface area contributed by atoms with E-state index in [1.807, 2.05) is 6.92 Å². The Hall–Kier alpha value is -0.410. The summed E-state index contributed by atoms with van der Waals surface area (Å²) in [7, 11) is 1.55. The normalized spacial score (nSPS) is 15.5. The van der Waals surface area contributed by atoms with Crippen LogP contribution < -0.4 is 5.32 Å². The van der Waals surface area contributed by atoms with Crippen LogP contribution in [-0.2, 0) is 14.2 Å². The van der Waals surface area contributed by atoms with Crippen molar-refractivity contribution in [2.45, 2.75) is 25.3 Å². The Morgan fingerprint density at radius 1 is 1.26 bits per heavy atom. The predicted octanol–water partition coefficient (Wildman–Crippen LogP) is 0.567. The molecule has 0 heterocycles. The highest BCUT2D eigenvalue weighted by Crippen LogP contribution is 2.13. The second-order valence-corrected chi connectivity index (χ2v) is 4.13. The minimum absolute atomic E-state index is 0.0623. The van der Waals surface area contributed by atoms with Crippen molar-refractivity contribution in [2.75, 3.05) is 46.6 Å². The average molecular weight is 289 g/mol. The van der Waals surface area contributed by atoms with Crippen LogP contribution >= 0.6 is 0 Å². The van der Waals surface area contributed by atoms with Crippen molar-refractivity contribution in [3.05, 3.63) is 0 Å². The van der Waals surface area contributed by atoms with E-state index in [1.54, 1.807) is 7.11 Å². The van der Waals surface area contributed by atoms with Gasteiger partial charge in [0.25, 0.3) is 0 Å². The Bertz CT molecular complexity index is 217. The van der Waals surface area contributed by atoms with Gasteiger partial charge in [0.2, 0.25) is 0 Å². The zero-order valence-corrected chi connectivity index (χ0v) is 11.2. The van der Waals surface area contributed by atoms with Gasteiger partial charge in [0.05, 0.1) is 32.0 Å². The summed E-state index contributed by atoms with van der Waals surface area (Å²) in [4.78, 5) is 0. The summed E-state index contributed by atoms with van der Waals surface area (Å²) >= 11 is 0. The van der Waals surface area contributed by atoms with Gasteiger partial charge in [0.15, 0.2) is 0 Å². The Morgan fingerprint density at radius 2 is 1.95 bits per heavy atom. The molecule has 0 aliphatic carbocycles. The van der Waals surface area contributed by atoms with Crippen LogP contribution in [0.3, 0.4) is 0 Å². The maximum absolute atomic E-state index is 11.7. The van der Waals surface area contributed by atoms with Crippen molar-refractivity contribution in [3.8, 4) is 0 Å². The lowest BCUT2D eigenvalue weighted by atomic mass is 10.3. The third-order valence-corrected chi connectivity index (χ3v) is 2.04. The lowest BCUT2D eigenvalue weighted by Crippen LogP contribution is -2.34. The Balaban J connectivity index is 3.36. The predicted molar refractivity (Wildman–Crippen MR) is 63.0 cm³/mol. The number of halogens is 3. The van der Waals surface area contributed by atoms with E-state index in [9.17, 15) is 18.3 Å². The lowest BCUT2D eigenvalue weighted by Gasteiger charge is -2.16. The van der Waals surface area contributed by atoms with Gasteiger partial charge in [-0.2, -0.15) is 13.2 Å². The molecule has 0 aromatic heterocycles. The first kappa shape index (κ1) is 18.6. The fourth-order valence-corrected chi connectivity index (χ4v) is 1.22. The van der Waals surface area contributed by atoms with E-state index in [4.69, 9.17) is 9.47 Å². The second-order valence-electron chi connectivity index (χ2n) is 4.13. The number of alkyl halides is 3. The quantitative estimate of drug-likeness (QED) is 0.545. The van der Waals surface area contributed by atoms with Gasteiger partial charge in [-0.3, -0.25) is 0 Å². The first-order valence-corrected chi connectivity index (χ1v) is 5.99. The molecule has 2 atom stereocenters. The Morgan fingerprint density at radius 3 is 2.53 bits per heavy atom. The van der Waals surface area contributed by atoms with E-state index in [2.05, 4.69) is 10.1 Å². The fraction of sp³-hybridized carbons (Fsp3) is 1.00. The van der Waals surface area contributed by atoms with Gasteiger partial charge in [-0.25, -0.2) is 0 Å². The number of hydrogen-bond acceptors (Lipinski definition) is 5. The highest BCUT2D eigenvalue weighted by Gasteiger charge is 2.27. The topological polar surface area (TPSA) is 60.0 Å². The molecule has 0 bridgehead atoms. The van der Waals surface area contributed by atoms with Crippen molar-refractivity contribution in [3.63, 3.8) is 0 Å². The summed E-state index contributed by atoms with van der Waals surface area (Å²) < 4.78 is 49.7. The molecule has 0 saturated carbocycles. The van der Waals surface area contributed by atoms with Crippen molar-refractivity contribution < 1.29 is 32.5 Å². The minimum atomic E-state index is -4.30. The number of methoxy groups -OCH3 is 1. The molecule has 0 aliphatic rings. The molecule has 0 aromatic carbocycles. The summed E-state index contributed by atoms with van der Waals surface area (Å²) in [5.74, 6) is 0. The molecule has 0 aromatic rings. The van der Waals surface area contributed by atoms with Crippen LogP contribution in [0.25, 0.3) is 0 Å². The molecule has 0 amide bonds. The maximum Gasteiger partial charge on any atom is 0.411 e. The monoisotopic (exact) mass is 289 g/mol. The summed E-state index contributed by atoms with van der Waals surface area (Å²) in [5.41, 5.74) is 0. The first-order valence-electron chi connectivity index (χ1n) is 5.99. The van der Waals surface area contributed by atoms with Crippen LogP contribution in [0, 0.1) is 0 Å². The molecule has 19 heavy (non-hydrogen) atoms. The molecule has 0 saturated heterocycles. The van der Waals surface area contributed by atoms with E-state index < -0.39 is 18.9 Å². The summed E-state index contributed by atoms with van der Waals surface area (Å²) in [6.07, 6.45) is -5.14. The minimum Gasteiger partial charge on any atom is -0.389 e. The van der Waals surface area contributed by atoms with Crippen LogP contribution in [0.2, 0.25) is 0 Å². The maximum atomic E-state index is 11.7. The van der Waals surface area contributed by atoms with E-state index in [0.29, 0.717) is 6.61 Å². The van der Waals surface area contributed by atoms with E-state index in [0.717, 1.165) is 0 Å². The molecule has 8 heteroatoms. The molecule has 0 spiro atoms. The Kier molecular flexibility index (Phi) is 10.2. The molecule has 2 N–H and O–H groups in total. The number of aliphatic hydroxyl groups excluding tert-OH is 1. The van der Waals surface area contributed by atoms with Gasteiger partial charge in [0.1, 0.15) is 6.61 Å². The second kappa shape index (κ2) is 10.4. The molecule has 0 rings (SSSR count). The third-order valence-electron chi connectivity index (χ3n) is 2.04. The van der Waals surface area contributed by atoms with Crippen LogP contribution in [0.1, 0.15) is 6.92 Å². The van der Waals surface area contributed by atoms with Crippen LogP contribution in [0.5, 0.6) is 0 Å². The number of aliphatic hydroxyl groups is 1. The van der Waals surface area contributed by atoms with Gasteiger partial charge in [-0.05, 0) is 6.92 Å². The van der Waals surface area contributed by atoms with E-state index in [-0.39, 0.29) is 32.4 Å². The molecule has 0 fully saturated rings. The van der Waals surface area contributed by atoms with Gasteiger partial charge in [-0.15, -0.1) is 0 Å². The molecule has 2 unspecified atom stereocenters. The summed E-state index contributed by atoms with van der Waals surface area (Å²) in [6.45, 7) is 1.54. The third kappa shape index (κ3) is 13.8. The fourth-order valence-electron chi connectivity index (χ4n) is 1.22. The zero-order valence-electron chi connectivity index (χ0n) is 11.2. The number of ether oxygens (including phenoxy) is 3. The molecular weight excluding hydrogens is 267 g/mol. The van der Waals surface area contributed by atoms with Crippen molar-refractivity contribution >= 4 is 0 Å². The SMILES string of the molecule is COCC(C)OCC(O)CNCCOCC(F)(F)F. The summed E-state index contributed by atoms with van der Waals surface area (Å²) in [6, 6.07) is 0. The summed E-state index contributed by atoms with van der Waals surface area (Å²) in [5, 5.41) is 12.3. The molecular formula is C11H22F3NO4. The lowest BCUT2D eigenvalue weighted by molar-refractivity contribution is -0.173. The van der Waals surface area contributed by atoms with Crippen LogP contribution in [-0.4, -0.2) is 70.1 Å². The van der Waals surface area contributed by atoms with E-state index in [1.165, 1.54) is 0 Å². The van der Waals surface area contributed by atoms with Gasteiger partial charge < -0.3 is 24.6 Å². The van der Waals surface area contributed by atoms with Crippen LogP contribution in [0.4, 0.5) is 13.2 Å². The van der Waals surface area contributed by atoms with Gasteiger partial charge >= 0.3 is 6.18 Å². The number of rotatable bonds is 11. The standard InChI is InChI=1S/C11H22F3NO4/c1-9(6-17-2)19-7-10(16)5-15-3-4-18-8-11(12,13)14/h9-10,15-16H,3-8H2,1-2H3. The van der Waals surface area contributed by atoms with E-state index >= 15 is 0 Å². The van der Waals surface area contributed by atoms with Gasteiger partial charge in [0, 0.05) is 20.2 Å². The zero-order chi connectivity index (χ0) is 14.7. The van der Waals surface area contributed by atoms with Gasteiger partial charge in [-0.1, -0.05) is 0 Å². The highest BCUT2D eigenvalue weighted by molar-refractivity contribution is 4.60. The number of nitrogens with one attached hydrogen (secondary N) is 1. The molecule has 0 aliphatic heterocycles. The average Bonchev–Trinajstić information content (AvgIpc) is 2.30. The highest BCUT2D eigenvalue weighted by atomic mass is 19.4. The van der Waals surface area contributed by atoms with Crippen LogP contribution in [0.15, 0.2) is 0 Å². The largest absolute Gasteiger partial charge is 0.411 e. The molecule has 116 valence electrons. The molecule has 0 radical (unpaired) electrons. The first-order chi connectivity index (χ1) is 8.85. The Labute approximate surface area is 111 Å². The molecule has 5 nitrogen and oxygen atoms in total.